The molecule has 0 aromatic heterocycles. The predicted molar refractivity (Wildman–Crippen MR) is 89.2 cm³/mol. The van der Waals surface area contributed by atoms with Crippen LogP contribution in [-0.4, -0.2) is 11.2 Å². The normalized spacial score (nSPS) is 13.4. The van der Waals surface area contributed by atoms with Gasteiger partial charge in [0, 0.05) is 10.9 Å². The summed E-state index contributed by atoms with van der Waals surface area (Å²) in [5.74, 6) is 0. The molecule has 2 nitrogen and oxygen atoms in total. The Morgan fingerprint density at radius 2 is 1.80 bits per heavy atom. The molecule has 0 saturated heterocycles. The van der Waals surface area contributed by atoms with Crippen LogP contribution in [0.25, 0.3) is 0 Å². The first-order valence-electron chi connectivity index (χ1n) is 6.31. The van der Waals surface area contributed by atoms with Crippen molar-refractivity contribution in [2.24, 2.45) is 5.73 Å². The predicted octanol–water partition coefficient (Wildman–Crippen LogP) is 3.78. The van der Waals surface area contributed by atoms with Crippen molar-refractivity contribution < 1.29 is 5.11 Å². The number of nitrogens with two attached hydrogens (primary N) is 1. The van der Waals surface area contributed by atoms with Crippen LogP contribution in [-0.2, 0) is 6.42 Å². The summed E-state index contributed by atoms with van der Waals surface area (Å²) in [6.45, 7) is 2.03. The van der Waals surface area contributed by atoms with E-state index in [1.54, 1.807) is 0 Å². The summed E-state index contributed by atoms with van der Waals surface area (Å²) in [5.41, 5.74) is 9.35. The van der Waals surface area contributed by atoms with Crippen LogP contribution in [0.5, 0.6) is 0 Å². The third-order valence-electron chi connectivity index (χ3n) is 3.22. The molecule has 0 aliphatic rings. The smallest absolute Gasteiger partial charge is 0.0773 e. The van der Waals surface area contributed by atoms with Gasteiger partial charge >= 0.3 is 0 Å². The number of aliphatic hydroxyl groups is 1. The van der Waals surface area contributed by atoms with Crippen molar-refractivity contribution >= 4 is 28.3 Å². The van der Waals surface area contributed by atoms with E-state index in [1.165, 1.54) is 5.56 Å². The molecular weight excluding hydrogens is 338 g/mol. The molecule has 20 heavy (non-hydrogen) atoms. The lowest BCUT2D eigenvalue weighted by Crippen LogP contribution is -2.28. The first-order valence-corrected chi connectivity index (χ1v) is 7.11. The number of aryl methyl sites for hydroxylation is 1. The van der Waals surface area contributed by atoms with Crippen LogP contribution < -0.4 is 5.73 Å². The van der Waals surface area contributed by atoms with Gasteiger partial charge in [-0.3, -0.25) is 0 Å². The van der Waals surface area contributed by atoms with Crippen LogP contribution in [0.15, 0.2) is 53.0 Å². The minimum absolute atomic E-state index is 0. The van der Waals surface area contributed by atoms with E-state index in [0.29, 0.717) is 6.42 Å². The van der Waals surface area contributed by atoms with E-state index in [9.17, 15) is 5.11 Å². The van der Waals surface area contributed by atoms with Crippen LogP contribution in [0.2, 0.25) is 0 Å². The second-order valence-electron chi connectivity index (χ2n) is 4.81. The Morgan fingerprint density at radius 3 is 2.40 bits per heavy atom. The Bertz CT molecular complexity index is 547. The Kier molecular flexibility index (Phi) is 6.69. The van der Waals surface area contributed by atoms with E-state index >= 15 is 0 Å². The van der Waals surface area contributed by atoms with Gasteiger partial charge < -0.3 is 10.8 Å². The van der Waals surface area contributed by atoms with Crippen molar-refractivity contribution in [1.82, 2.24) is 0 Å². The lowest BCUT2D eigenvalue weighted by Gasteiger charge is -2.20. The van der Waals surface area contributed by atoms with E-state index in [2.05, 4.69) is 15.9 Å². The molecule has 2 aromatic carbocycles. The van der Waals surface area contributed by atoms with Crippen LogP contribution in [0.1, 0.15) is 22.7 Å². The van der Waals surface area contributed by atoms with E-state index in [0.717, 1.165) is 15.6 Å². The largest absolute Gasteiger partial charge is 0.391 e. The van der Waals surface area contributed by atoms with Crippen LogP contribution >= 0.6 is 28.3 Å². The van der Waals surface area contributed by atoms with E-state index in [-0.39, 0.29) is 12.4 Å². The van der Waals surface area contributed by atoms with Gasteiger partial charge in [0.2, 0.25) is 0 Å². The average Bonchev–Trinajstić information content (AvgIpc) is 2.39. The summed E-state index contributed by atoms with van der Waals surface area (Å²) in [7, 11) is 0. The molecule has 0 aliphatic carbocycles. The fraction of sp³-hybridized carbons (Fsp3) is 0.250. The highest BCUT2D eigenvalue weighted by atomic mass is 79.9. The zero-order chi connectivity index (χ0) is 13.8. The monoisotopic (exact) mass is 355 g/mol. The fourth-order valence-corrected chi connectivity index (χ4v) is 2.85. The molecule has 0 radical (unpaired) electrons. The van der Waals surface area contributed by atoms with Crippen molar-refractivity contribution in [3.8, 4) is 0 Å². The Hall–Kier alpha value is -0.870. The van der Waals surface area contributed by atoms with Gasteiger partial charge in [0.25, 0.3) is 0 Å². The molecule has 0 fully saturated rings. The van der Waals surface area contributed by atoms with Crippen molar-refractivity contribution in [1.29, 1.82) is 0 Å². The van der Waals surface area contributed by atoms with Crippen molar-refractivity contribution in [2.75, 3.05) is 0 Å². The number of rotatable bonds is 4. The van der Waals surface area contributed by atoms with Crippen molar-refractivity contribution in [3.05, 3.63) is 69.7 Å². The molecule has 2 rings (SSSR count). The molecule has 2 atom stereocenters. The van der Waals surface area contributed by atoms with Gasteiger partial charge in [0.1, 0.15) is 0 Å². The van der Waals surface area contributed by atoms with Crippen LogP contribution in [0.3, 0.4) is 0 Å². The highest BCUT2D eigenvalue weighted by molar-refractivity contribution is 9.10. The summed E-state index contributed by atoms with van der Waals surface area (Å²) in [6, 6.07) is 15.5. The van der Waals surface area contributed by atoms with Gasteiger partial charge in [-0.1, -0.05) is 58.4 Å². The molecule has 4 heteroatoms. The van der Waals surface area contributed by atoms with E-state index < -0.39 is 12.1 Å². The maximum atomic E-state index is 10.3. The van der Waals surface area contributed by atoms with Gasteiger partial charge in [-0.15, -0.1) is 12.4 Å². The van der Waals surface area contributed by atoms with Crippen LogP contribution in [0.4, 0.5) is 0 Å². The zero-order valence-electron chi connectivity index (χ0n) is 11.3. The second-order valence-corrected chi connectivity index (χ2v) is 5.66. The standard InChI is InChI=1S/C16H18BrNO.ClH/c1-11-7-8-13(14(17)9-11)16(18)15(19)10-12-5-3-2-4-6-12;/h2-9,15-16,19H,10,18H2,1H3;1H/t15-,16+;/m1./s1. The third-order valence-corrected chi connectivity index (χ3v) is 3.90. The summed E-state index contributed by atoms with van der Waals surface area (Å²) in [5, 5.41) is 10.3. The molecular formula is C16H19BrClNO. The minimum atomic E-state index is -0.596. The van der Waals surface area contributed by atoms with Crippen molar-refractivity contribution in [2.45, 2.75) is 25.5 Å². The van der Waals surface area contributed by atoms with Gasteiger partial charge in [0.05, 0.1) is 12.1 Å². The van der Waals surface area contributed by atoms with E-state index in [4.69, 9.17) is 5.73 Å². The van der Waals surface area contributed by atoms with Crippen molar-refractivity contribution in [3.63, 3.8) is 0 Å². The Balaban J connectivity index is 0.00000200. The van der Waals surface area contributed by atoms with Gasteiger partial charge in [-0.2, -0.15) is 0 Å². The molecule has 0 amide bonds. The first-order chi connectivity index (χ1) is 9.08. The number of aliphatic hydroxyl groups excluding tert-OH is 1. The maximum absolute atomic E-state index is 10.3. The molecule has 0 heterocycles. The highest BCUT2D eigenvalue weighted by Gasteiger charge is 2.19. The quantitative estimate of drug-likeness (QED) is 0.875. The number of hydrogen-bond donors (Lipinski definition) is 2. The molecule has 0 spiro atoms. The SMILES string of the molecule is Cc1ccc([C@H](N)[C@H](O)Cc2ccccc2)c(Br)c1.Cl. The number of benzene rings is 2. The zero-order valence-corrected chi connectivity index (χ0v) is 13.7. The topological polar surface area (TPSA) is 46.2 Å². The molecule has 0 unspecified atom stereocenters. The lowest BCUT2D eigenvalue weighted by atomic mass is 9.96. The molecule has 2 aromatic rings. The first kappa shape index (κ1) is 17.2. The van der Waals surface area contributed by atoms with E-state index in [1.807, 2.05) is 55.5 Å². The molecule has 0 bridgehead atoms. The molecule has 0 aliphatic heterocycles. The highest BCUT2D eigenvalue weighted by Crippen LogP contribution is 2.26. The molecule has 108 valence electrons. The van der Waals surface area contributed by atoms with Crippen LogP contribution in [0, 0.1) is 6.92 Å². The summed E-state index contributed by atoms with van der Waals surface area (Å²) in [4.78, 5) is 0. The summed E-state index contributed by atoms with van der Waals surface area (Å²) < 4.78 is 0.951. The Morgan fingerprint density at radius 1 is 1.15 bits per heavy atom. The van der Waals surface area contributed by atoms with Gasteiger partial charge in [-0.05, 0) is 29.7 Å². The third kappa shape index (κ3) is 4.32. The lowest BCUT2D eigenvalue weighted by molar-refractivity contribution is 0.145. The maximum Gasteiger partial charge on any atom is 0.0773 e. The molecule has 0 saturated carbocycles. The second kappa shape index (κ2) is 7.79. The molecule has 3 N–H and O–H groups in total. The van der Waals surface area contributed by atoms with Gasteiger partial charge in [-0.25, -0.2) is 0 Å². The number of hydrogen-bond acceptors (Lipinski definition) is 2. The van der Waals surface area contributed by atoms with Gasteiger partial charge in [0.15, 0.2) is 0 Å². The Labute approximate surface area is 134 Å². The fourth-order valence-electron chi connectivity index (χ4n) is 2.09. The average molecular weight is 357 g/mol. The summed E-state index contributed by atoms with van der Waals surface area (Å²) >= 11 is 3.51. The minimum Gasteiger partial charge on any atom is -0.391 e. The summed E-state index contributed by atoms with van der Waals surface area (Å²) in [6.07, 6.45) is -0.0381. The number of halogens is 2.